The number of carbonyl (C=O) groups is 3. The minimum absolute atomic E-state index is 0.174. The van der Waals surface area contributed by atoms with Crippen molar-refractivity contribution >= 4 is 25.2 Å². The van der Waals surface area contributed by atoms with Crippen LogP contribution in [-0.4, -0.2) is 60.9 Å². The first-order valence-corrected chi connectivity index (χ1v) is 8.55. The normalized spacial score (nSPS) is 19.0. The van der Waals surface area contributed by atoms with Crippen LogP contribution in [-0.2, 0) is 28.4 Å². The lowest BCUT2D eigenvalue weighted by atomic mass is 10.1. The number of amides is 1. The summed E-state index contributed by atoms with van der Waals surface area (Å²) < 4.78 is 21.2. The summed E-state index contributed by atoms with van der Waals surface area (Å²) in [7, 11) is -1.47. The third-order valence-electron chi connectivity index (χ3n) is 3.24. The first kappa shape index (κ1) is 17.7. The average molecular weight is 321 g/mol. The molecule has 21 heavy (non-hydrogen) atoms. The molecule has 1 amide bonds. The zero-order valence-corrected chi connectivity index (χ0v) is 13.0. The predicted octanol–water partition coefficient (Wildman–Crippen LogP) is 0.189. The topological polar surface area (TPSA) is 110 Å². The van der Waals surface area contributed by atoms with E-state index in [0.717, 1.165) is 14.2 Å². The maximum atomic E-state index is 12.2. The van der Waals surface area contributed by atoms with Gasteiger partial charge < -0.3 is 19.3 Å². The fraction of sp³-hybridized carbons (Fsp3) is 0.750. The molecule has 1 N–H and O–H groups in total. The van der Waals surface area contributed by atoms with Gasteiger partial charge in [0.05, 0.1) is 32.8 Å². The molecular formula is C12H20NO7P. The highest BCUT2D eigenvalue weighted by molar-refractivity contribution is 7.58. The molecule has 1 saturated heterocycles. The molecule has 0 saturated carbocycles. The number of esters is 2. The van der Waals surface area contributed by atoms with Crippen molar-refractivity contribution in [2.24, 2.45) is 5.92 Å². The molecule has 1 aliphatic heterocycles. The van der Waals surface area contributed by atoms with Crippen LogP contribution in [0.4, 0.5) is 0 Å². The number of hydrogen-bond acceptors (Lipinski definition) is 6. The van der Waals surface area contributed by atoms with Crippen molar-refractivity contribution in [3.63, 3.8) is 0 Å². The molecule has 0 aromatic heterocycles. The van der Waals surface area contributed by atoms with Crippen LogP contribution >= 0.6 is 7.37 Å². The van der Waals surface area contributed by atoms with E-state index in [2.05, 4.69) is 9.47 Å². The van der Waals surface area contributed by atoms with Gasteiger partial charge in [0.1, 0.15) is 0 Å². The van der Waals surface area contributed by atoms with Crippen molar-refractivity contribution in [1.82, 2.24) is 4.90 Å². The number of likely N-dealkylation sites (tertiary alicyclic amines) is 1. The molecule has 0 spiro atoms. The maximum Gasteiger partial charge on any atom is 0.309 e. The van der Waals surface area contributed by atoms with Crippen LogP contribution in [0.2, 0.25) is 0 Å². The fourth-order valence-electron chi connectivity index (χ4n) is 2.20. The van der Waals surface area contributed by atoms with Crippen LogP contribution in [0.25, 0.3) is 0 Å². The Balaban J connectivity index is 2.70. The molecule has 0 aromatic carbocycles. The minimum atomic E-state index is -3.77. The number of rotatable bonds is 7. The maximum absolute atomic E-state index is 12.2. The van der Waals surface area contributed by atoms with Gasteiger partial charge >= 0.3 is 11.9 Å². The summed E-state index contributed by atoms with van der Waals surface area (Å²) in [5.41, 5.74) is 0. The Labute approximate surface area is 122 Å². The molecule has 9 heteroatoms. The number of hydrogen-bond donors (Lipinski definition) is 1. The fourth-order valence-corrected chi connectivity index (χ4v) is 4.11. The number of nitrogens with zero attached hydrogens (tertiary/aromatic N) is 1. The van der Waals surface area contributed by atoms with Crippen LogP contribution in [0.15, 0.2) is 0 Å². The summed E-state index contributed by atoms with van der Waals surface area (Å²) in [6.07, 6.45) is -0.0370. The van der Waals surface area contributed by atoms with E-state index < -0.39 is 31.4 Å². The lowest BCUT2D eigenvalue weighted by molar-refractivity contribution is -0.151. The molecule has 1 unspecified atom stereocenters. The Morgan fingerprint density at radius 2 is 2.05 bits per heavy atom. The van der Waals surface area contributed by atoms with Crippen LogP contribution in [0.5, 0.6) is 0 Å². The quantitative estimate of drug-likeness (QED) is 0.526. The smallest absolute Gasteiger partial charge is 0.309 e. The lowest BCUT2D eigenvalue weighted by Gasteiger charge is -2.22. The van der Waals surface area contributed by atoms with Crippen molar-refractivity contribution in [2.45, 2.75) is 19.3 Å². The van der Waals surface area contributed by atoms with Crippen molar-refractivity contribution in [2.75, 3.05) is 33.2 Å². The predicted molar refractivity (Wildman–Crippen MR) is 72.6 cm³/mol. The second-order valence-electron chi connectivity index (χ2n) is 4.93. The third kappa shape index (κ3) is 5.47. The van der Waals surface area contributed by atoms with Gasteiger partial charge in [0, 0.05) is 19.1 Å². The van der Waals surface area contributed by atoms with Gasteiger partial charge in [-0.2, -0.15) is 0 Å². The molecule has 0 aliphatic carbocycles. The van der Waals surface area contributed by atoms with E-state index >= 15 is 0 Å². The molecule has 0 radical (unpaired) electrons. The zero-order chi connectivity index (χ0) is 16.0. The molecule has 120 valence electrons. The van der Waals surface area contributed by atoms with Crippen molar-refractivity contribution in [3.8, 4) is 0 Å². The van der Waals surface area contributed by atoms with Gasteiger partial charge in [-0.25, -0.2) is 0 Å². The zero-order valence-electron chi connectivity index (χ0n) is 12.1. The Hall–Kier alpha value is -1.40. The Bertz CT molecular complexity index is 465. The van der Waals surface area contributed by atoms with Gasteiger partial charge in [0.15, 0.2) is 0 Å². The van der Waals surface area contributed by atoms with Crippen molar-refractivity contribution < 1.29 is 33.3 Å². The summed E-state index contributed by atoms with van der Waals surface area (Å²) in [6.45, 7) is 0.434. The molecule has 1 rings (SSSR count). The summed E-state index contributed by atoms with van der Waals surface area (Å²) in [5, 5.41) is 0. The van der Waals surface area contributed by atoms with Gasteiger partial charge in [-0.15, -0.1) is 0 Å². The van der Waals surface area contributed by atoms with Gasteiger partial charge in [0.25, 0.3) is 0 Å². The average Bonchev–Trinajstić information content (AvgIpc) is 2.81. The van der Waals surface area contributed by atoms with Crippen LogP contribution in [0, 0.1) is 5.92 Å². The van der Waals surface area contributed by atoms with E-state index in [1.54, 1.807) is 0 Å². The highest BCUT2D eigenvalue weighted by atomic mass is 31.2. The molecular weight excluding hydrogens is 301 g/mol. The second-order valence-corrected chi connectivity index (χ2v) is 7.27. The summed E-state index contributed by atoms with van der Waals surface area (Å²) in [4.78, 5) is 45.6. The Kier molecular flexibility index (Phi) is 6.36. The molecule has 2 atom stereocenters. The standard InChI is InChI=1S/C12H20NO7P/c1-19-11(15)6-9(12(16)20-2)7-21(17,18)8-13-5-3-4-10(13)14/h9H,3-8H2,1-2H3,(H,17,18)/t9-/m0/s1. The van der Waals surface area contributed by atoms with Gasteiger partial charge in [-0.3, -0.25) is 18.9 Å². The summed E-state index contributed by atoms with van der Waals surface area (Å²) in [6, 6.07) is 0. The number of ether oxygens (including phenoxy) is 2. The number of carbonyl (C=O) groups excluding carboxylic acids is 3. The van der Waals surface area contributed by atoms with Gasteiger partial charge in [-0.05, 0) is 6.42 Å². The first-order chi connectivity index (χ1) is 9.79. The largest absolute Gasteiger partial charge is 0.469 e. The van der Waals surface area contributed by atoms with E-state index in [-0.39, 0.29) is 18.6 Å². The Morgan fingerprint density at radius 1 is 1.38 bits per heavy atom. The molecule has 8 nitrogen and oxygen atoms in total. The molecule has 1 fully saturated rings. The van der Waals surface area contributed by atoms with Crippen LogP contribution in [0.1, 0.15) is 19.3 Å². The Morgan fingerprint density at radius 3 is 2.52 bits per heavy atom. The molecule has 0 bridgehead atoms. The first-order valence-electron chi connectivity index (χ1n) is 6.52. The van der Waals surface area contributed by atoms with Crippen molar-refractivity contribution in [3.05, 3.63) is 0 Å². The van der Waals surface area contributed by atoms with Gasteiger partial charge in [-0.1, -0.05) is 0 Å². The van der Waals surface area contributed by atoms with E-state index in [9.17, 15) is 23.8 Å². The minimum Gasteiger partial charge on any atom is -0.469 e. The van der Waals surface area contributed by atoms with E-state index in [0.29, 0.717) is 19.4 Å². The molecule has 1 heterocycles. The summed E-state index contributed by atoms with van der Waals surface area (Å²) >= 11 is 0. The molecule has 0 aromatic rings. The number of methoxy groups -OCH3 is 2. The SMILES string of the molecule is COC(=O)C[C@@H](CP(=O)(O)CN1CCCC1=O)C(=O)OC. The third-order valence-corrected chi connectivity index (χ3v) is 5.04. The lowest BCUT2D eigenvalue weighted by Crippen LogP contribution is -2.29. The highest BCUT2D eigenvalue weighted by Crippen LogP contribution is 2.44. The van der Waals surface area contributed by atoms with Gasteiger partial charge in [0.2, 0.25) is 13.3 Å². The van der Waals surface area contributed by atoms with E-state index in [1.807, 2.05) is 0 Å². The van der Waals surface area contributed by atoms with E-state index in [4.69, 9.17) is 0 Å². The summed E-state index contributed by atoms with van der Waals surface area (Å²) in [5.74, 6) is -2.65. The van der Waals surface area contributed by atoms with E-state index in [1.165, 1.54) is 4.90 Å². The van der Waals surface area contributed by atoms with Crippen LogP contribution < -0.4 is 0 Å². The second kappa shape index (κ2) is 7.56. The monoisotopic (exact) mass is 321 g/mol. The van der Waals surface area contributed by atoms with Crippen LogP contribution in [0.3, 0.4) is 0 Å². The molecule has 1 aliphatic rings. The highest BCUT2D eigenvalue weighted by Gasteiger charge is 2.35. The van der Waals surface area contributed by atoms with Crippen molar-refractivity contribution in [1.29, 1.82) is 0 Å².